The molecule has 0 saturated heterocycles. The smallest absolute Gasteiger partial charge is 0.325 e. The molecule has 1 atom stereocenters. The summed E-state index contributed by atoms with van der Waals surface area (Å²) in [6.07, 6.45) is 3.77. The Labute approximate surface area is 224 Å². The first-order valence-corrected chi connectivity index (χ1v) is 13.8. The highest BCUT2D eigenvalue weighted by atomic mass is 35.5. The Bertz CT molecular complexity index is 1480. The molecule has 2 aromatic heterocycles. The first-order valence-electron chi connectivity index (χ1n) is 12.4. The number of hydrogen-bond donors (Lipinski definition) is 1. The minimum Gasteiger partial charge on any atom is -0.452 e. The van der Waals surface area contributed by atoms with Gasteiger partial charge in [0, 0.05) is 28.4 Å². The van der Waals surface area contributed by atoms with E-state index in [-0.39, 0.29) is 11.5 Å². The Morgan fingerprint density at radius 2 is 1.89 bits per heavy atom. The fourth-order valence-corrected chi connectivity index (χ4v) is 5.57. The van der Waals surface area contributed by atoms with E-state index in [4.69, 9.17) is 21.1 Å². The maximum atomic E-state index is 13.4. The number of para-hydroxylation sites is 1. The number of nitrogens with zero attached hydrogens (tertiary/aromatic N) is 3. The van der Waals surface area contributed by atoms with Gasteiger partial charge in [-0.15, -0.1) is 0 Å². The molecular weight excluding hydrogens is 508 g/mol. The second-order valence-electron chi connectivity index (χ2n) is 8.95. The summed E-state index contributed by atoms with van der Waals surface area (Å²) in [5.74, 6) is 1.79. The molecule has 3 heterocycles. The molecular formula is C28H28ClN4O3S+. The average molecular weight is 536 g/mol. The summed E-state index contributed by atoms with van der Waals surface area (Å²) in [6, 6.07) is 18.4. The first-order chi connectivity index (χ1) is 18.0. The SMILES string of the molecule is CCCCCCSc1n[n+]2c(c(=O)[nH]1)-c1ccccc1N(C(C)=O)[C@@H]2c1ccc(-c2ccc(Cl)cc2)o1. The maximum Gasteiger partial charge on any atom is 0.325 e. The number of benzene rings is 2. The summed E-state index contributed by atoms with van der Waals surface area (Å²) >= 11 is 7.57. The summed E-state index contributed by atoms with van der Waals surface area (Å²) in [4.78, 5) is 31.0. The zero-order chi connectivity index (χ0) is 25.9. The quantitative estimate of drug-likeness (QED) is 0.164. The number of unbranched alkanes of at least 4 members (excludes halogenated alkanes) is 3. The minimum atomic E-state index is -0.759. The van der Waals surface area contributed by atoms with Crippen molar-refractivity contribution < 1.29 is 13.9 Å². The fourth-order valence-electron chi connectivity index (χ4n) is 4.59. The van der Waals surface area contributed by atoms with E-state index in [1.807, 2.05) is 48.5 Å². The third-order valence-electron chi connectivity index (χ3n) is 6.34. The molecule has 1 N–H and O–H groups in total. The van der Waals surface area contributed by atoms with Crippen molar-refractivity contribution in [2.45, 2.75) is 50.9 Å². The van der Waals surface area contributed by atoms with E-state index in [1.54, 1.807) is 21.7 Å². The van der Waals surface area contributed by atoms with Crippen LogP contribution in [0.15, 0.2) is 75.0 Å². The number of aromatic amines is 1. The number of halogens is 1. The van der Waals surface area contributed by atoms with Gasteiger partial charge in [0.25, 0.3) is 0 Å². The Kier molecular flexibility index (Phi) is 7.48. The fraction of sp³-hybridized carbons (Fsp3) is 0.286. The molecule has 1 aliphatic rings. The topological polar surface area (TPSA) is 83.1 Å². The Hall–Kier alpha value is -3.36. The number of carbonyl (C=O) groups excluding carboxylic acids is 1. The van der Waals surface area contributed by atoms with Crippen LogP contribution < -0.4 is 15.1 Å². The van der Waals surface area contributed by atoms with Crippen molar-refractivity contribution >= 4 is 35.0 Å². The summed E-state index contributed by atoms with van der Waals surface area (Å²) < 4.78 is 7.92. The molecule has 1 aliphatic heterocycles. The monoisotopic (exact) mass is 535 g/mol. The number of aromatic nitrogens is 3. The van der Waals surface area contributed by atoms with Crippen molar-refractivity contribution in [2.24, 2.45) is 0 Å². The molecule has 5 rings (SSSR count). The molecule has 0 spiro atoms. The van der Waals surface area contributed by atoms with Gasteiger partial charge >= 0.3 is 17.4 Å². The average Bonchev–Trinajstić information content (AvgIpc) is 3.37. The number of rotatable bonds is 8. The third kappa shape index (κ3) is 5.08. The Morgan fingerprint density at radius 3 is 2.65 bits per heavy atom. The van der Waals surface area contributed by atoms with Crippen LogP contribution in [0.3, 0.4) is 0 Å². The highest BCUT2D eigenvalue weighted by Crippen LogP contribution is 2.38. The highest BCUT2D eigenvalue weighted by molar-refractivity contribution is 7.99. The number of thioether (sulfide) groups is 1. The Balaban J connectivity index is 1.61. The molecule has 1 amide bonds. The molecule has 0 fully saturated rings. The van der Waals surface area contributed by atoms with Crippen molar-refractivity contribution in [1.29, 1.82) is 0 Å². The van der Waals surface area contributed by atoms with Crippen molar-refractivity contribution in [2.75, 3.05) is 10.7 Å². The molecule has 2 aromatic carbocycles. The van der Waals surface area contributed by atoms with Gasteiger partial charge in [0.2, 0.25) is 11.1 Å². The second-order valence-corrected chi connectivity index (χ2v) is 10.5. The number of carbonyl (C=O) groups is 1. The van der Waals surface area contributed by atoms with E-state index in [9.17, 15) is 9.59 Å². The predicted octanol–water partition coefficient (Wildman–Crippen LogP) is 6.22. The van der Waals surface area contributed by atoms with E-state index >= 15 is 0 Å². The van der Waals surface area contributed by atoms with Crippen LogP contribution in [-0.2, 0) is 4.79 Å². The lowest BCUT2D eigenvalue weighted by Crippen LogP contribution is -2.60. The standard InChI is InChI=1S/C28H27ClN4O3S/c1-3-4-5-8-17-37-28-30-26(35)25-21-9-6-7-10-22(21)32(18(2)34)27(33(25)31-28)24-16-15-23(36-24)19-11-13-20(29)14-12-19/h6-7,9-16,27H,3-5,8,17H2,1-2H3/p+1/t27-/m0/s1. The number of fused-ring (bicyclic) bond motifs is 3. The highest BCUT2D eigenvalue weighted by Gasteiger charge is 2.46. The molecule has 0 unspecified atom stereocenters. The summed E-state index contributed by atoms with van der Waals surface area (Å²) in [5.41, 5.74) is 2.27. The molecule has 0 saturated carbocycles. The number of anilines is 1. The molecule has 190 valence electrons. The number of hydrogen-bond acceptors (Lipinski definition) is 5. The predicted molar refractivity (Wildman–Crippen MR) is 146 cm³/mol. The molecule has 7 nitrogen and oxygen atoms in total. The van der Waals surface area contributed by atoms with Crippen LogP contribution >= 0.6 is 23.4 Å². The van der Waals surface area contributed by atoms with E-state index in [0.29, 0.717) is 38.6 Å². The van der Waals surface area contributed by atoms with Gasteiger partial charge in [-0.1, -0.05) is 61.7 Å². The number of H-pyrrole nitrogens is 1. The molecule has 0 aliphatic carbocycles. The van der Waals surface area contributed by atoms with Gasteiger partial charge in [0.05, 0.1) is 11.3 Å². The van der Waals surface area contributed by atoms with E-state index in [1.165, 1.54) is 25.1 Å². The van der Waals surface area contributed by atoms with Crippen LogP contribution in [0.2, 0.25) is 5.02 Å². The second kappa shape index (κ2) is 10.9. The maximum absolute atomic E-state index is 13.4. The molecule has 9 heteroatoms. The van der Waals surface area contributed by atoms with Crippen LogP contribution in [0.4, 0.5) is 5.69 Å². The van der Waals surface area contributed by atoms with Crippen molar-refractivity contribution in [3.63, 3.8) is 0 Å². The van der Waals surface area contributed by atoms with Crippen LogP contribution in [0.1, 0.15) is 51.5 Å². The molecule has 0 radical (unpaired) electrons. The van der Waals surface area contributed by atoms with Crippen molar-refractivity contribution in [3.8, 4) is 22.6 Å². The van der Waals surface area contributed by atoms with Gasteiger partial charge in [-0.3, -0.25) is 14.6 Å². The lowest BCUT2D eigenvalue weighted by atomic mass is 10.0. The minimum absolute atomic E-state index is 0.184. The van der Waals surface area contributed by atoms with Crippen LogP contribution in [0, 0.1) is 0 Å². The summed E-state index contributed by atoms with van der Waals surface area (Å²) in [6.45, 7) is 3.69. The number of amides is 1. The van der Waals surface area contributed by atoms with E-state index in [0.717, 1.165) is 30.6 Å². The zero-order valence-corrected chi connectivity index (χ0v) is 22.3. The largest absolute Gasteiger partial charge is 0.452 e. The number of furan rings is 1. The van der Waals surface area contributed by atoms with Gasteiger partial charge < -0.3 is 4.42 Å². The molecule has 0 bridgehead atoms. The van der Waals surface area contributed by atoms with Gasteiger partial charge in [0.1, 0.15) is 5.76 Å². The van der Waals surface area contributed by atoms with E-state index in [2.05, 4.69) is 11.9 Å². The lowest BCUT2D eigenvalue weighted by molar-refractivity contribution is -0.764. The van der Waals surface area contributed by atoms with Crippen LogP contribution in [0.5, 0.6) is 0 Å². The summed E-state index contributed by atoms with van der Waals surface area (Å²) in [5, 5.41) is 5.98. The van der Waals surface area contributed by atoms with E-state index < -0.39 is 6.17 Å². The lowest BCUT2D eigenvalue weighted by Gasteiger charge is -2.30. The van der Waals surface area contributed by atoms with Gasteiger partial charge in [-0.05, 0) is 59.6 Å². The van der Waals surface area contributed by atoms with Crippen molar-refractivity contribution in [1.82, 2.24) is 10.1 Å². The van der Waals surface area contributed by atoms with Crippen LogP contribution in [-0.4, -0.2) is 21.7 Å². The third-order valence-corrected chi connectivity index (χ3v) is 7.55. The molecule has 4 aromatic rings. The normalized spacial score (nSPS) is 14.4. The Morgan fingerprint density at radius 1 is 1.11 bits per heavy atom. The van der Waals surface area contributed by atoms with Gasteiger partial charge in [-0.2, -0.15) is 0 Å². The number of nitrogens with one attached hydrogen (secondary N) is 1. The first kappa shape index (κ1) is 25.3. The zero-order valence-electron chi connectivity index (χ0n) is 20.7. The molecule has 37 heavy (non-hydrogen) atoms. The van der Waals surface area contributed by atoms with Crippen molar-refractivity contribution in [3.05, 3.63) is 81.8 Å². The van der Waals surface area contributed by atoms with Crippen LogP contribution in [0.25, 0.3) is 22.6 Å². The summed E-state index contributed by atoms with van der Waals surface area (Å²) in [7, 11) is 0. The van der Waals surface area contributed by atoms with Gasteiger partial charge in [-0.25, -0.2) is 4.90 Å². The van der Waals surface area contributed by atoms with Gasteiger partial charge in [0.15, 0.2) is 5.76 Å².